The van der Waals surface area contributed by atoms with E-state index in [1.807, 2.05) is 62.6 Å². The fraction of sp³-hybridized carbons (Fsp3) is 0.773. The Kier molecular flexibility index (Phi) is 15.7. The normalized spacial score (nSPS) is 16.3. The van der Waals surface area contributed by atoms with Crippen LogP contribution in [0.25, 0.3) is 0 Å². The van der Waals surface area contributed by atoms with Gasteiger partial charge in [0, 0.05) is 24.2 Å². The molecule has 1 unspecified atom stereocenters. The number of anilines is 2. The number of aromatic nitrogens is 3. The summed E-state index contributed by atoms with van der Waals surface area (Å²) in [6.45, 7) is 18.3. The number of thiol groups is 1. The molecule has 5 N–H and O–H groups in total. The van der Waals surface area contributed by atoms with Crippen molar-refractivity contribution in [1.29, 1.82) is 0 Å². The maximum absolute atomic E-state index is 5.02. The van der Waals surface area contributed by atoms with Gasteiger partial charge in [0.25, 0.3) is 0 Å². The lowest BCUT2D eigenvalue weighted by molar-refractivity contribution is 0.379. The van der Waals surface area contributed by atoms with Crippen LogP contribution in [0, 0.1) is 0 Å². The van der Waals surface area contributed by atoms with Gasteiger partial charge in [-0.1, -0.05) is 12.8 Å². The molecule has 0 radical (unpaired) electrons. The standard InChI is InChI=1S/C10H19N5O.C10H21N5S.C2H7N/c1-6(2)11-8-13-9(12-7(3)4)15-10(14-8)16-5;1-6(2)11-9-13-8(5)15(16)10(14-9)12-7(3)4;1-3-2/h6-7H,1-5H3,(H2,11,12,13,14,15);6-8,16H,1-5H3,(H2,11,12,13,14);3H,1-2H3. The molecule has 35 heavy (non-hydrogen) atoms. The van der Waals surface area contributed by atoms with E-state index in [0.29, 0.717) is 23.9 Å². The van der Waals surface area contributed by atoms with Gasteiger partial charge in [-0.2, -0.15) is 15.0 Å². The number of hydrogen-bond acceptors (Lipinski definition) is 11. The van der Waals surface area contributed by atoms with E-state index in [9.17, 15) is 0 Å². The number of nitrogens with zero attached hydrogens (tertiary/aromatic N) is 6. The Balaban J connectivity index is 0.000000594. The zero-order chi connectivity index (χ0) is 27.1. The summed E-state index contributed by atoms with van der Waals surface area (Å²) in [5, 5.41) is 15.3. The van der Waals surface area contributed by atoms with Crippen molar-refractivity contribution in [2.75, 3.05) is 31.8 Å². The lowest BCUT2D eigenvalue weighted by Crippen LogP contribution is -2.54. The van der Waals surface area contributed by atoms with Crippen molar-refractivity contribution in [1.82, 2.24) is 35.2 Å². The molecule has 13 heteroatoms. The molecule has 0 aliphatic carbocycles. The third kappa shape index (κ3) is 14.5. The average molecular weight is 514 g/mol. The van der Waals surface area contributed by atoms with Crippen LogP contribution in [0.5, 0.6) is 6.01 Å². The topological polar surface area (TPSA) is 136 Å². The molecule has 1 aliphatic heterocycles. The van der Waals surface area contributed by atoms with Gasteiger partial charge in [0.05, 0.1) is 7.11 Å². The van der Waals surface area contributed by atoms with Crippen molar-refractivity contribution >= 4 is 36.6 Å². The van der Waals surface area contributed by atoms with Crippen molar-refractivity contribution in [3.63, 3.8) is 0 Å². The van der Waals surface area contributed by atoms with Crippen LogP contribution < -0.4 is 31.3 Å². The molecule has 0 fully saturated rings. The molecule has 12 nitrogen and oxygen atoms in total. The minimum absolute atomic E-state index is 0.0247. The van der Waals surface area contributed by atoms with Crippen LogP contribution in [0.3, 0.4) is 0 Å². The van der Waals surface area contributed by atoms with Crippen LogP contribution in [0.4, 0.5) is 11.9 Å². The zero-order valence-corrected chi connectivity index (χ0v) is 24.3. The average Bonchev–Trinajstić information content (AvgIpc) is 2.70. The van der Waals surface area contributed by atoms with E-state index in [1.165, 1.54) is 7.11 Å². The minimum atomic E-state index is -0.0247. The monoisotopic (exact) mass is 513 g/mol. The first-order chi connectivity index (χ1) is 16.3. The molecule has 202 valence electrons. The quantitative estimate of drug-likeness (QED) is 0.302. The molecule has 0 saturated carbocycles. The molecule has 0 saturated heterocycles. The first kappa shape index (κ1) is 32.5. The Labute approximate surface area is 217 Å². The second-order valence-corrected chi connectivity index (χ2v) is 9.42. The fourth-order valence-corrected chi connectivity index (χ4v) is 2.54. The minimum Gasteiger partial charge on any atom is -0.467 e. The highest BCUT2D eigenvalue weighted by Crippen LogP contribution is 2.12. The lowest BCUT2D eigenvalue weighted by Gasteiger charge is -2.31. The van der Waals surface area contributed by atoms with Crippen LogP contribution in [0.15, 0.2) is 9.98 Å². The van der Waals surface area contributed by atoms with Gasteiger partial charge in [-0.05, 0) is 76.4 Å². The number of methoxy groups -OCH3 is 1. The molecule has 1 atom stereocenters. The molecule has 1 aromatic rings. The number of aliphatic imine (C=N–C) groups is 2. The fourth-order valence-electron chi connectivity index (χ4n) is 2.39. The first-order valence-corrected chi connectivity index (χ1v) is 12.3. The molecule has 0 amide bonds. The van der Waals surface area contributed by atoms with Gasteiger partial charge in [0.15, 0.2) is 5.96 Å². The van der Waals surface area contributed by atoms with Crippen LogP contribution >= 0.6 is 12.8 Å². The highest BCUT2D eigenvalue weighted by molar-refractivity contribution is 7.78. The van der Waals surface area contributed by atoms with Gasteiger partial charge in [-0.3, -0.25) is 9.62 Å². The second-order valence-electron chi connectivity index (χ2n) is 8.99. The summed E-state index contributed by atoms with van der Waals surface area (Å²) >= 11 is 4.36. The van der Waals surface area contributed by atoms with Gasteiger partial charge < -0.3 is 26.0 Å². The Morgan fingerprint density at radius 3 is 1.71 bits per heavy atom. The zero-order valence-electron chi connectivity index (χ0n) is 23.4. The van der Waals surface area contributed by atoms with Gasteiger partial charge in [0.2, 0.25) is 17.9 Å². The second kappa shape index (κ2) is 17.0. The maximum Gasteiger partial charge on any atom is 0.322 e. The molecular formula is C22H47N11OS. The van der Waals surface area contributed by atoms with Crippen molar-refractivity contribution in [2.45, 2.75) is 92.6 Å². The van der Waals surface area contributed by atoms with Gasteiger partial charge in [0.1, 0.15) is 6.17 Å². The summed E-state index contributed by atoms with van der Waals surface area (Å²) in [6, 6.07) is 1.40. The molecular weight excluding hydrogens is 466 g/mol. The smallest absolute Gasteiger partial charge is 0.322 e. The van der Waals surface area contributed by atoms with E-state index >= 15 is 0 Å². The molecule has 0 spiro atoms. The summed E-state index contributed by atoms with van der Waals surface area (Å²) in [5.41, 5.74) is 0. The van der Waals surface area contributed by atoms with E-state index < -0.39 is 0 Å². The number of guanidine groups is 2. The van der Waals surface area contributed by atoms with Crippen molar-refractivity contribution in [2.24, 2.45) is 9.98 Å². The Morgan fingerprint density at radius 1 is 0.886 bits per heavy atom. The van der Waals surface area contributed by atoms with Crippen LogP contribution in [-0.2, 0) is 0 Å². The van der Waals surface area contributed by atoms with Crippen molar-refractivity contribution < 1.29 is 4.74 Å². The number of ether oxygens (including phenoxy) is 1. The molecule has 1 aliphatic rings. The highest BCUT2D eigenvalue weighted by Gasteiger charge is 2.22. The van der Waals surface area contributed by atoms with E-state index in [0.717, 1.165) is 11.9 Å². The molecule has 2 rings (SSSR count). The first-order valence-electron chi connectivity index (χ1n) is 11.9. The van der Waals surface area contributed by atoms with Gasteiger partial charge in [-0.15, -0.1) is 0 Å². The Hall–Kier alpha value is -2.54. The van der Waals surface area contributed by atoms with Gasteiger partial charge in [-0.25, -0.2) is 9.98 Å². The predicted molar refractivity (Wildman–Crippen MR) is 151 cm³/mol. The summed E-state index contributed by atoms with van der Waals surface area (Å²) < 4.78 is 6.74. The molecule has 1 aromatic heterocycles. The van der Waals surface area contributed by atoms with Crippen molar-refractivity contribution in [3.05, 3.63) is 0 Å². The summed E-state index contributed by atoms with van der Waals surface area (Å²) in [5.74, 6) is 2.53. The Bertz CT molecular complexity index is 756. The number of nitrogens with one attached hydrogen (secondary N) is 5. The molecule has 0 aromatic carbocycles. The largest absolute Gasteiger partial charge is 0.467 e. The third-order valence-electron chi connectivity index (χ3n) is 3.56. The van der Waals surface area contributed by atoms with E-state index in [1.54, 1.807) is 4.31 Å². The number of hydrogen-bond donors (Lipinski definition) is 6. The van der Waals surface area contributed by atoms with Crippen LogP contribution in [0.1, 0.15) is 62.3 Å². The summed E-state index contributed by atoms with van der Waals surface area (Å²) in [4.78, 5) is 21.3. The van der Waals surface area contributed by atoms with E-state index in [2.05, 4.69) is 78.2 Å². The van der Waals surface area contributed by atoms with Crippen LogP contribution in [-0.4, -0.2) is 82.7 Å². The lowest BCUT2D eigenvalue weighted by atomic mass is 10.4. The Morgan fingerprint density at radius 2 is 1.34 bits per heavy atom. The maximum atomic E-state index is 5.02. The molecule has 2 heterocycles. The van der Waals surface area contributed by atoms with Crippen LogP contribution in [0.2, 0.25) is 0 Å². The highest BCUT2D eigenvalue weighted by atomic mass is 32.1. The SMILES string of the molecule is CC(C)N=C1NC(NC(C)C)=NC(C)N1S.CNC.COc1nc(NC(C)C)nc(NC(C)C)n1. The van der Waals surface area contributed by atoms with Crippen molar-refractivity contribution in [3.8, 4) is 6.01 Å². The molecule has 0 bridgehead atoms. The summed E-state index contributed by atoms with van der Waals surface area (Å²) in [6.07, 6.45) is -0.0247. The number of rotatable bonds is 7. The predicted octanol–water partition coefficient (Wildman–Crippen LogP) is 2.56. The van der Waals surface area contributed by atoms with E-state index in [-0.39, 0.29) is 24.3 Å². The summed E-state index contributed by atoms with van der Waals surface area (Å²) in [7, 11) is 5.29. The van der Waals surface area contributed by atoms with Gasteiger partial charge >= 0.3 is 6.01 Å². The third-order valence-corrected chi connectivity index (χ3v) is 4.08. The van der Waals surface area contributed by atoms with E-state index in [4.69, 9.17) is 4.74 Å².